The molecule has 18 heavy (non-hydrogen) atoms. The fourth-order valence-electron chi connectivity index (χ4n) is 1.65. The van der Waals surface area contributed by atoms with Gasteiger partial charge in [-0.3, -0.25) is 0 Å². The summed E-state index contributed by atoms with van der Waals surface area (Å²) in [5, 5.41) is 3.60. The molecule has 0 unspecified atom stereocenters. The van der Waals surface area contributed by atoms with E-state index in [1.54, 1.807) is 24.3 Å². The van der Waals surface area contributed by atoms with E-state index in [1.165, 1.54) is 6.20 Å². The number of carbonyl (C=O) groups excluding carboxylic acids is 1. The molecule has 0 spiro atoms. The van der Waals surface area contributed by atoms with Gasteiger partial charge in [0.1, 0.15) is 5.52 Å². The van der Waals surface area contributed by atoms with E-state index in [9.17, 15) is 4.79 Å². The van der Waals surface area contributed by atoms with Crippen LogP contribution in [0.1, 0.15) is 0 Å². The zero-order chi connectivity index (χ0) is 12.5. The molecule has 3 N–H and O–H groups in total. The minimum absolute atomic E-state index is 0.294. The van der Waals surface area contributed by atoms with Gasteiger partial charge in [0.05, 0.1) is 11.7 Å². The zero-order valence-electron chi connectivity index (χ0n) is 9.08. The Morgan fingerprint density at radius 3 is 3.00 bits per heavy atom. The fraction of sp³-hybridized carbons (Fsp3) is 0. The van der Waals surface area contributed by atoms with Crippen molar-refractivity contribution in [2.75, 3.05) is 0 Å². The molecule has 90 valence electrons. The zero-order valence-corrected chi connectivity index (χ0v) is 9.08. The van der Waals surface area contributed by atoms with Crippen molar-refractivity contribution in [3.8, 4) is 17.3 Å². The Labute approximate surface area is 101 Å². The molecular formula is C11H8N4O3. The highest BCUT2D eigenvalue weighted by Gasteiger charge is 2.12. The van der Waals surface area contributed by atoms with E-state index >= 15 is 0 Å². The molecule has 7 heteroatoms. The van der Waals surface area contributed by atoms with E-state index < -0.39 is 6.09 Å². The molecule has 2 aromatic heterocycles. The standard InChI is InChI=1S/C11H8N4O3/c12-11(16)17-7-3-1-2-6-9(7)15-10(14-6)8-4-5-13-18-8/h1-5H,(H2,12,16)(H,14,15). The number of primary amides is 1. The molecule has 0 saturated heterocycles. The topological polar surface area (TPSA) is 107 Å². The van der Waals surface area contributed by atoms with Crippen LogP contribution in [0.4, 0.5) is 4.79 Å². The van der Waals surface area contributed by atoms with Gasteiger partial charge in [0, 0.05) is 6.07 Å². The maximum Gasteiger partial charge on any atom is 0.410 e. The van der Waals surface area contributed by atoms with Gasteiger partial charge in [0.25, 0.3) is 0 Å². The third-order valence-corrected chi connectivity index (χ3v) is 2.36. The molecule has 0 saturated carbocycles. The summed E-state index contributed by atoms with van der Waals surface area (Å²) >= 11 is 0. The predicted molar refractivity (Wildman–Crippen MR) is 61.8 cm³/mol. The first kappa shape index (κ1) is 10.3. The Morgan fingerprint density at radius 2 is 2.28 bits per heavy atom. The second-order valence-corrected chi connectivity index (χ2v) is 3.54. The lowest BCUT2D eigenvalue weighted by Crippen LogP contribution is -2.16. The van der Waals surface area contributed by atoms with Gasteiger partial charge in [-0.05, 0) is 12.1 Å². The lowest BCUT2D eigenvalue weighted by atomic mass is 10.3. The summed E-state index contributed by atoms with van der Waals surface area (Å²) in [6, 6.07) is 6.81. The van der Waals surface area contributed by atoms with Gasteiger partial charge in [-0.1, -0.05) is 11.2 Å². The van der Waals surface area contributed by atoms with Crippen molar-refractivity contribution in [1.82, 2.24) is 15.1 Å². The van der Waals surface area contributed by atoms with Crippen LogP contribution in [-0.4, -0.2) is 21.2 Å². The first-order valence-electron chi connectivity index (χ1n) is 5.11. The van der Waals surface area contributed by atoms with E-state index in [-0.39, 0.29) is 0 Å². The number of aromatic amines is 1. The van der Waals surface area contributed by atoms with Crippen molar-refractivity contribution in [1.29, 1.82) is 0 Å². The normalized spacial score (nSPS) is 10.7. The lowest BCUT2D eigenvalue weighted by molar-refractivity contribution is 0.211. The molecule has 0 bridgehead atoms. The number of rotatable bonds is 2. The molecule has 1 amide bonds. The highest BCUT2D eigenvalue weighted by Crippen LogP contribution is 2.26. The molecule has 7 nitrogen and oxygen atoms in total. The molecule has 0 atom stereocenters. The van der Waals surface area contributed by atoms with E-state index in [2.05, 4.69) is 15.1 Å². The average molecular weight is 244 g/mol. The summed E-state index contributed by atoms with van der Waals surface area (Å²) in [5.41, 5.74) is 6.20. The number of fused-ring (bicyclic) bond motifs is 1. The first-order valence-corrected chi connectivity index (χ1v) is 5.11. The van der Waals surface area contributed by atoms with Crippen LogP contribution in [-0.2, 0) is 0 Å². The predicted octanol–water partition coefficient (Wildman–Crippen LogP) is 1.68. The van der Waals surface area contributed by atoms with Crippen molar-refractivity contribution in [3.05, 3.63) is 30.5 Å². The quantitative estimate of drug-likeness (QED) is 0.713. The SMILES string of the molecule is NC(=O)Oc1cccc2[nH]c(-c3ccno3)nc12. The Hall–Kier alpha value is -2.83. The van der Waals surface area contributed by atoms with Crippen LogP contribution < -0.4 is 10.5 Å². The summed E-state index contributed by atoms with van der Waals surface area (Å²) < 4.78 is 9.86. The van der Waals surface area contributed by atoms with Crippen LogP contribution >= 0.6 is 0 Å². The van der Waals surface area contributed by atoms with Crippen LogP contribution in [0, 0.1) is 0 Å². The van der Waals surface area contributed by atoms with Crippen molar-refractivity contribution in [2.24, 2.45) is 5.73 Å². The van der Waals surface area contributed by atoms with Crippen LogP contribution in [0.5, 0.6) is 5.75 Å². The summed E-state index contributed by atoms with van der Waals surface area (Å²) in [4.78, 5) is 18.1. The minimum Gasteiger partial charge on any atom is -0.408 e. The van der Waals surface area contributed by atoms with E-state index in [1.807, 2.05) is 0 Å². The van der Waals surface area contributed by atoms with Gasteiger partial charge in [-0.25, -0.2) is 9.78 Å². The Bertz CT molecular complexity index is 702. The van der Waals surface area contributed by atoms with Crippen LogP contribution in [0.2, 0.25) is 0 Å². The Morgan fingerprint density at radius 1 is 1.39 bits per heavy atom. The number of nitrogens with two attached hydrogens (primary N) is 1. The number of ether oxygens (including phenoxy) is 1. The number of H-pyrrole nitrogens is 1. The minimum atomic E-state index is -0.883. The van der Waals surface area contributed by atoms with Gasteiger partial charge in [0.2, 0.25) is 5.76 Å². The van der Waals surface area contributed by atoms with Gasteiger partial charge < -0.3 is 20.0 Å². The van der Waals surface area contributed by atoms with Crippen molar-refractivity contribution in [3.63, 3.8) is 0 Å². The summed E-state index contributed by atoms with van der Waals surface area (Å²) in [7, 11) is 0. The van der Waals surface area contributed by atoms with Gasteiger partial charge in [-0.2, -0.15) is 0 Å². The molecule has 1 aromatic carbocycles. The van der Waals surface area contributed by atoms with Crippen molar-refractivity contribution < 1.29 is 14.1 Å². The molecular weight excluding hydrogens is 236 g/mol. The Kier molecular flexibility index (Phi) is 2.23. The van der Waals surface area contributed by atoms with Gasteiger partial charge in [0.15, 0.2) is 11.6 Å². The molecule has 0 aliphatic carbocycles. The molecule has 3 aromatic rings. The molecule has 0 aliphatic rings. The number of hydrogen-bond donors (Lipinski definition) is 2. The van der Waals surface area contributed by atoms with Crippen molar-refractivity contribution in [2.45, 2.75) is 0 Å². The number of amides is 1. The number of hydrogen-bond acceptors (Lipinski definition) is 5. The molecule has 0 aliphatic heterocycles. The van der Waals surface area contributed by atoms with Gasteiger partial charge >= 0.3 is 6.09 Å². The van der Waals surface area contributed by atoms with Crippen molar-refractivity contribution >= 4 is 17.1 Å². The highest BCUT2D eigenvalue weighted by molar-refractivity contribution is 5.86. The third kappa shape index (κ3) is 1.67. The van der Waals surface area contributed by atoms with Crippen LogP contribution in [0.15, 0.2) is 35.0 Å². The first-order chi connectivity index (χ1) is 8.74. The summed E-state index contributed by atoms with van der Waals surface area (Å²) in [5.74, 6) is 1.29. The maximum atomic E-state index is 10.8. The second-order valence-electron chi connectivity index (χ2n) is 3.54. The smallest absolute Gasteiger partial charge is 0.408 e. The highest BCUT2D eigenvalue weighted by atomic mass is 16.5. The monoisotopic (exact) mass is 244 g/mol. The summed E-state index contributed by atoms with van der Waals surface area (Å²) in [6.45, 7) is 0. The number of para-hydroxylation sites is 1. The maximum absolute atomic E-state index is 10.8. The van der Waals surface area contributed by atoms with Gasteiger partial charge in [-0.15, -0.1) is 0 Å². The third-order valence-electron chi connectivity index (χ3n) is 2.36. The Balaban J connectivity index is 2.14. The van der Waals surface area contributed by atoms with Crippen LogP contribution in [0.25, 0.3) is 22.6 Å². The number of imidazole rings is 1. The van der Waals surface area contributed by atoms with E-state index in [4.69, 9.17) is 15.0 Å². The largest absolute Gasteiger partial charge is 0.410 e. The number of carbonyl (C=O) groups is 1. The fourth-order valence-corrected chi connectivity index (χ4v) is 1.65. The molecule has 2 heterocycles. The van der Waals surface area contributed by atoms with E-state index in [0.29, 0.717) is 28.4 Å². The molecule has 3 rings (SSSR count). The van der Waals surface area contributed by atoms with Crippen LogP contribution in [0.3, 0.4) is 0 Å². The molecule has 0 radical (unpaired) electrons. The second kappa shape index (κ2) is 3.88. The number of nitrogens with one attached hydrogen (secondary N) is 1. The number of benzene rings is 1. The average Bonchev–Trinajstić information content (AvgIpc) is 2.97. The lowest BCUT2D eigenvalue weighted by Gasteiger charge is -1.99. The number of nitrogens with zero attached hydrogens (tertiary/aromatic N) is 2. The molecule has 0 fully saturated rings. The summed E-state index contributed by atoms with van der Waals surface area (Å²) in [6.07, 6.45) is 0.635. The van der Waals surface area contributed by atoms with E-state index in [0.717, 1.165) is 0 Å². The number of aromatic nitrogens is 3.